The number of carboxylic acid groups (broad SMARTS) is 1. The number of aromatic nitrogens is 2. The number of aryl methyl sites for hydroxylation is 1. The SMILES string of the molecule is Cc1nc2c(C(=O)O)cccc2n1C(C)CCS(C)=O. The second-order valence-electron chi connectivity index (χ2n) is 4.92. The minimum atomic E-state index is -0.970. The lowest BCUT2D eigenvalue weighted by Crippen LogP contribution is -2.10. The zero-order valence-electron chi connectivity index (χ0n) is 11.8. The quantitative estimate of drug-likeness (QED) is 0.919. The first kappa shape index (κ1) is 14.7. The molecule has 1 aromatic carbocycles. The van der Waals surface area contributed by atoms with Crippen molar-refractivity contribution in [3.63, 3.8) is 0 Å². The van der Waals surface area contributed by atoms with E-state index in [1.165, 1.54) is 0 Å². The Morgan fingerprint density at radius 3 is 2.80 bits per heavy atom. The Bertz CT molecular complexity index is 678. The summed E-state index contributed by atoms with van der Waals surface area (Å²) in [7, 11) is -0.828. The predicted octanol–water partition coefficient (Wildman–Crippen LogP) is 2.37. The van der Waals surface area contributed by atoms with Crippen molar-refractivity contribution >= 4 is 27.8 Å². The summed E-state index contributed by atoms with van der Waals surface area (Å²) in [4.78, 5) is 15.6. The number of imidazole rings is 1. The van der Waals surface area contributed by atoms with Crippen LogP contribution in [0.15, 0.2) is 18.2 Å². The molecule has 0 fully saturated rings. The van der Waals surface area contributed by atoms with Gasteiger partial charge in [-0.2, -0.15) is 0 Å². The van der Waals surface area contributed by atoms with Crippen LogP contribution in [0.1, 0.15) is 35.6 Å². The van der Waals surface area contributed by atoms with E-state index in [1.54, 1.807) is 18.4 Å². The number of rotatable bonds is 5. The van der Waals surface area contributed by atoms with Crippen LogP contribution in [0.25, 0.3) is 11.0 Å². The third-order valence-electron chi connectivity index (χ3n) is 3.39. The monoisotopic (exact) mass is 294 g/mol. The van der Waals surface area contributed by atoms with Crippen molar-refractivity contribution < 1.29 is 14.1 Å². The molecular formula is C14H18N2O3S. The Kier molecular flexibility index (Phi) is 4.23. The zero-order valence-corrected chi connectivity index (χ0v) is 12.6. The van der Waals surface area contributed by atoms with Crippen LogP contribution in [0.4, 0.5) is 0 Å². The van der Waals surface area contributed by atoms with Gasteiger partial charge < -0.3 is 9.67 Å². The molecule has 0 aliphatic rings. The van der Waals surface area contributed by atoms with Crippen LogP contribution >= 0.6 is 0 Å². The summed E-state index contributed by atoms with van der Waals surface area (Å²) >= 11 is 0. The van der Waals surface area contributed by atoms with Gasteiger partial charge in [-0.1, -0.05) is 6.07 Å². The number of fused-ring (bicyclic) bond motifs is 1. The summed E-state index contributed by atoms with van der Waals surface area (Å²) in [5, 5.41) is 9.21. The van der Waals surface area contributed by atoms with Crippen molar-refractivity contribution in [3.8, 4) is 0 Å². The van der Waals surface area contributed by atoms with Crippen molar-refractivity contribution in [3.05, 3.63) is 29.6 Å². The molecule has 2 atom stereocenters. The summed E-state index contributed by atoms with van der Waals surface area (Å²) in [6, 6.07) is 5.30. The first-order valence-electron chi connectivity index (χ1n) is 6.42. The number of carbonyl (C=O) groups is 1. The highest BCUT2D eigenvalue weighted by molar-refractivity contribution is 7.84. The molecule has 0 saturated heterocycles. The van der Waals surface area contributed by atoms with E-state index in [0.717, 1.165) is 17.8 Å². The minimum Gasteiger partial charge on any atom is -0.478 e. The number of benzene rings is 1. The molecule has 0 bridgehead atoms. The van der Waals surface area contributed by atoms with E-state index in [4.69, 9.17) is 0 Å². The van der Waals surface area contributed by atoms with Crippen molar-refractivity contribution in [2.45, 2.75) is 26.3 Å². The lowest BCUT2D eigenvalue weighted by atomic mass is 10.1. The van der Waals surface area contributed by atoms with Crippen molar-refractivity contribution in [1.82, 2.24) is 9.55 Å². The third kappa shape index (κ3) is 2.75. The van der Waals surface area contributed by atoms with E-state index in [9.17, 15) is 14.1 Å². The zero-order chi connectivity index (χ0) is 14.9. The molecule has 1 N–H and O–H groups in total. The number of carboxylic acids is 1. The Hall–Kier alpha value is -1.69. The second kappa shape index (κ2) is 5.75. The van der Waals surface area contributed by atoms with E-state index >= 15 is 0 Å². The largest absolute Gasteiger partial charge is 0.478 e. The fraction of sp³-hybridized carbons (Fsp3) is 0.429. The molecule has 0 aliphatic carbocycles. The highest BCUT2D eigenvalue weighted by atomic mass is 32.2. The van der Waals surface area contributed by atoms with E-state index in [1.807, 2.05) is 24.5 Å². The van der Waals surface area contributed by atoms with Gasteiger partial charge in [-0.3, -0.25) is 4.21 Å². The molecule has 1 aromatic heterocycles. The van der Waals surface area contributed by atoms with Gasteiger partial charge in [-0.25, -0.2) is 9.78 Å². The van der Waals surface area contributed by atoms with Gasteiger partial charge in [0, 0.05) is 28.9 Å². The third-order valence-corrected chi connectivity index (χ3v) is 4.20. The maximum absolute atomic E-state index is 11.2. The van der Waals surface area contributed by atoms with Crippen LogP contribution in [-0.2, 0) is 10.8 Å². The molecule has 6 heteroatoms. The predicted molar refractivity (Wildman–Crippen MR) is 79.7 cm³/mol. The standard InChI is InChI=1S/C14H18N2O3S/c1-9(7-8-20(3)19)16-10(2)15-13-11(14(17)18)5-4-6-12(13)16/h4-6,9H,7-8H2,1-3H3,(H,17,18). The number of hydrogen-bond acceptors (Lipinski definition) is 3. The lowest BCUT2D eigenvalue weighted by Gasteiger charge is -2.15. The number of nitrogens with zero attached hydrogens (tertiary/aromatic N) is 2. The molecule has 0 saturated carbocycles. The second-order valence-corrected chi connectivity index (χ2v) is 6.48. The number of aromatic carboxylic acids is 1. The van der Waals surface area contributed by atoms with E-state index in [2.05, 4.69) is 4.98 Å². The topological polar surface area (TPSA) is 72.2 Å². The minimum absolute atomic E-state index is 0.132. The maximum atomic E-state index is 11.2. The van der Waals surface area contributed by atoms with Crippen molar-refractivity contribution in [2.75, 3.05) is 12.0 Å². The molecule has 20 heavy (non-hydrogen) atoms. The van der Waals surface area contributed by atoms with Crippen LogP contribution < -0.4 is 0 Å². The Labute approximate surface area is 120 Å². The fourth-order valence-electron chi connectivity index (χ4n) is 2.43. The summed E-state index contributed by atoms with van der Waals surface area (Å²) in [5.41, 5.74) is 1.55. The summed E-state index contributed by atoms with van der Waals surface area (Å²) in [6.45, 7) is 3.90. The highest BCUT2D eigenvalue weighted by Gasteiger charge is 2.18. The summed E-state index contributed by atoms with van der Waals surface area (Å²) in [5.74, 6) is 0.435. The molecule has 2 unspecified atom stereocenters. The van der Waals surface area contributed by atoms with E-state index in [-0.39, 0.29) is 11.6 Å². The van der Waals surface area contributed by atoms with Gasteiger partial charge in [0.25, 0.3) is 0 Å². The van der Waals surface area contributed by atoms with Gasteiger partial charge >= 0.3 is 5.97 Å². The number of hydrogen-bond donors (Lipinski definition) is 1. The van der Waals surface area contributed by atoms with Crippen LogP contribution in [0.5, 0.6) is 0 Å². The van der Waals surface area contributed by atoms with Gasteiger partial charge in [0.05, 0.1) is 11.1 Å². The van der Waals surface area contributed by atoms with E-state index in [0.29, 0.717) is 11.3 Å². The fourth-order valence-corrected chi connectivity index (χ4v) is 3.10. The molecule has 0 spiro atoms. The van der Waals surface area contributed by atoms with Crippen LogP contribution in [-0.4, -0.2) is 36.8 Å². The molecule has 2 aromatic rings. The molecule has 2 rings (SSSR count). The molecule has 1 heterocycles. The molecule has 5 nitrogen and oxygen atoms in total. The van der Waals surface area contributed by atoms with Crippen LogP contribution in [0, 0.1) is 6.92 Å². The maximum Gasteiger partial charge on any atom is 0.337 e. The van der Waals surface area contributed by atoms with Crippen LogP contribution in [0.2, 0.25) is 0 Å². The normalized spacial score (nSPS) is 14.3. The lowest BCUT2D eigenvalue weighted by molar-refractivity contribution is 0.0699. The van der Waals surface area contributed by atoms with Gasteiger partial charge in [0.15, 0.2) is 0 Å². The van der Waals surface area contributed by atoms with Crippen LogP contribution in [0.3, 0.4) is 0 Å². The van der Waals surface area contributed by atoms with Gasteiger partial charge in [-0.15, -0.1) is 0 Å². The first-order valence-corrected chi connectivity index (χ1v) is 8.15. The summed E-state index contributed by atoms with van der Waals surface area (Å²) < 4.78 is 13.2. The van der Waals surface area contributed by atoms with Gasteiger partial charge in [0.2, 0.25) is 0 Å². The molecule has 0 amide bonds. The molecule has 108 valence electrons. The molecule has 0 aliphatic heterocycles. The summed E-state index contributed by atoms with van der Waals surface area (Å²) in [6.07, 6.45) is 2.46. The Morgan fingerprint density at radius 2 is 2.20 bits per heavy atom. The average molecular weight is 294 g/mol. The first-order chi connectivity index (χ1) is 9.41. The number of para-hydroxylation sites is 1. The van der Waals surface area contributed by atoms with Gasteiger partial charge in [0.1, 0.15) is 11.3 Å². The Balaban J connectivity index is 2.49. The highest BCUT2D eigenvalue weighted by Crippen LogP contribution is 2.25. The smallest absolute Gasteiger partial charge is 0.337 e. The molecule has 0 radical (unpaired) electrons. The van der Waals surface area contributed by atoms with E-state index < -0.39 is 16.8 Å². The average Bonchev–Trinajstić information content (AvgIpc) is 2.71. The Morgan fingerprint density at radius 1 is 1.50 bits per heavy atom. The van der Waals surface area contributed by atoms with Crippen molar-refractivity contribution in [2.24, 2.45) is 0 Å². The van der Waals surface area contributed by atoms with Gasteiger partial charge in [-0.05, 0) is 32.4 Å². The molecular weight excluding hydrogens is 276 g/mol. The van der Waals surface area contributed by atoms with Crippen molar-refractivity contribution in [1.29, 1.82) is 0 Å².